The predicted octanol–water partition coefficient (Wildman–Crippen LogP) is 1.06. The SMILES string of the molecule is Cn1cnc2c(Br)[nH]nc21. The lowest BCUT2D eigenvalue weighted by atomic mass is 10.6. The largest absolute Gasteiger partial charge is 0.317 e. The van der Waals surface area contributed by atoms with E-state index in [-0.39, 0.29) is 0 Å². The number of aryl methyl sites for hydroxylation is 1. The van der Waals surface area contributed by atoms with Gasteiger partial charge in [0.1, 0.15) is 10.1 Å². The lowest BCUT2D eigenvalue weighted by molar-refractivity contribution is 0.908. The number of rotatable bonds is 0. The van der Waals surface area contributed by atoms with Crippen LogP contribution in [0.3, 0.4) is 0 Å². The molecule has 5 heteroatoms. The Hall–Kier alpha value is -0.840. The second kappa shape index (κ2) is 1.82. The number of nitrogens with one attached hydrogen (secondary N) is 1. The summed E-state index contributed by atoms with van der Waals surface area (Å²) < 4.78 is 2.69. The zero-order valence-electron chi connectivity index (χ0n) is 5.30. The number of aromatic amines is 1. The lowest BCUT2D eigenvalue weighted by Gasteiger charge is -1.82. The number of H-pyrrole nitrogens is 1. The molecule has 0 radical (unpaired) electrons. The van der Waals surface area contributed by atoms with Crippen molar-refractivity contribution in [1.29, 1.82) is 0 Å². The Morgan fingerprint density at radius 2 is 2.50 bits per heavy atom. The van der Waals surface area contributed by atoms with Crippen molar-refractivity contribution in [2.24, 2.45) is 7.05 Å². The lowest BCUT2D eigenvalue weighted by Crippen LogP contribution is -1.83. The third-order valence-electron chi connectivity index (χ3n) is 1.37. The summed E-state index contributed by atoms with van der Waals surface area (Å²) >= 11 is 3.29. The minimum atomic E-state index is 0.836. The summed E-state index contributed by atoms with van der Waals surface area (Å²) in [6.45, 7) is 0. The van der Waals surface area contributed by atoms with Gasteiger partial charge in [0.05, 0.1) is 6.33 Å². The maximum atomic E-state index is 4.10. The topological polar surface area (TPSA) is 46.5 Å². The molecule has 2 rings (SSSR count). The van der Waals surface area contributed by atoms with Gasteiger partial charge < -0.3 is 4.57 Å². The molecule has 1 N–H and O–H groups in total. The van der Waals surface area contributed by atoms with Gasteiger partial charge in [0.15, 0.2) is 5.65 Å². The van der Waals surface area contributed by atoms with E-state index in [9.17, 15) is 0 Å². The van der Waals surface area contributed by atoms with Crippen LogP contribution >= 0.6 is 15.9 Å². The van der Waals surface area contributed by atoms with E-state index in [4.69, 9.17) is 0 Å². The third kappa shape index (κ3) is 0.607. The summed E-state index contributed by atoms with van der Waals surface area (Å²) in [4.78, 5) is 4.10. The van der Waals surface area contributed by atoms with Crippen molar-refractivity contribution < 1.29 is 0 Å². The second-order valence-electron chi connectivity index (χ2n) is 2.07. The first-order chi connectivity index (χ1) is 4.79. The van der Waals surface area contributed by atoms with E-state index < -0.39 is 0 Å². The van der Waals surface area contributed by atoms with Crippen molar-refractivity contribution in [2.45, 2.75) is 0 Å². The van der Waals surface area contributed by atoms with Crippen molar-refractivity contribution in [1.82, 2.24) is 19.7 Å². The third-order valence-corrected chi connectivity index (χ3v) is 1.93. The van der Waals surface area contributed by atoms with Crippen molar-refractivity contribution in [3.8, 4) is 0 Å². The van der Waals surface area contributed by atoms with Crippen LogP contribution in [0.1, 0.15) is 0 Å². The minimum Gasteiger partial charge on any atom is -0.317 e. The van der Waals surface area contributed by atoms with Gasteiger partial charge in [-0.1, -0.05) is 0 Å². The number of hydrogen-bond donors (Lipinski definition) is 1. The van der Waals surface area contributed by atoms with E-state index in [1.807, 2.05) is 11.6 Å². The summed E-state index contributed by atoms with van der Waals surface area (Å²) in [5, 5.41) is 6.79. The standard InChI is InChI=1S/C5H5BrN4/c1-10-2-7-3-4(6)8-9-5(3)10/h2H,1H3,(H,8,9). The molecule has 0 atom stereocenters. The molecule has 4 nitrogen and oxygen atoms in total. The number of hydrogen-bond acceptors (Lipinski definition) is 2. The molecule has 0 aliphatic heterocycles. The molecule has 2 aromatic rings. The van der Waals surface area contributed by atoms with E-state index in [0.717, 1.165) is 15.8 Å². The van der Waals surface area contributed by atoms with Gasteiger partial charge in [-0.25, -0.2) is 4.98 Å². The average Bonchev–Trinajstić information content (AvgIpc) is 2.41. The van der Waals surface area contributed by atoms with Gasteiger partial charge in [-0.3, -0.25) is 5.10 Å². The van der Waals surface area contributed by atoms with Gasteiger partial charge in [-0.2, -0.15) is 5.10 Å². The molecular formula is C5H5BrN4. The number of nitrogens with zero attached hydrogens (tertiary/aromatic N) is 3. The van der Waals surface area contributed by atoms with Gasteiger partial charge in [0.2, 0.25) is 0 Å². The van der Waals surface area contributed by atoms with E-state index in [1.165, 1.54) is 0 Å². The van der Waals surface area contributed by atoms with Gasteiger partial charge in [0, 0.05) is 7.05 Å². The maximum Gasteiger partial charge on any atom is 0.182 e. The molecule has 0 amide bonds. The summed E-state index contributed by atoms with van der Waals surface area (Å²) in [6, 6.07) is 0. The normalized spacial score (nSPS) is 11.0. The van der Waals surface area contributed by atoms with Crippen LogP contribution in [0.2, 0.25) is 0 Å². The van der Waals surface area contributed by atoms with Crippen LogP contribution < -0.4 is 0 Å². The Balaban J connectivity index is 2.95. The highest BCUT2D eigenvalue weighted by Gasteiger charge is 2.05. The number of halogens is 1. The van der Waals surface area contributed by atoms with Crippen LogP contribution in [-0.2, 0) is 7.05 Å². The van der Waals surface area contributed by atoms with Gasteiger partial charge in [-0.15, -0.1) is 0 Å². The van der Waals surface area contributed by atoms with E-state index in [0.29, 0.717) is 0 Å². The number of imidazole rings is 1. The average molecular weight is 201 g/mol. The first-order valence-corrected chi connectivity index (χ1v) is 3.59. The Bertz CT molecular complexity index is 324. The van der Waals surface area contributed by atoms with Gasteiger partial charge in [-0.05, 0) is 15.9 Å². The van der Waals surface area contributed by atoms with E-state index >= 15 is 0 Å². The Kier molecular flexibility index (Phi) is 1.08. The van der Waals surface area contributed by atoms with Crippen LogP contribution in [0.5, 0.6) is 0 Å². The molecule has 0 spiro atoms. The molecule has 0 aliphatic carbocycles. The highest BCUT2D eigenvalue weighted by molar-refractivity contribution is 9.10. The zero-order chi connectivity index (χ0) is 7.14. The van der Waals surface area contributed by atoms with Crippen molar-refractivity contribution in [2.75, 3.05) is 0 Å². The predicted molar refractivity (Wildman–Crippen MR) is 40.6 cm³/mol. The molecular weight excluding hydrogens is 196 g/mol. The number of fused-ring (bicyclic) bond motifs is 1. The summed E-state index contributed by atoms with van der Waals surface area (Å²) in [7, 11) is 1.91. The number of aromatic nitrogens is 4. The zero-order valence-corrected chi connectivity index (χ0v) is 6.88. The van der Waals surface area contributed by atoms with E-state index in [1.54, 1.807) is 6.33 Å². The molecule has 0 aromatic carbocycles. The fourth-order valence-electron chi connectivity index (χ4n) is 0.865. The maximum absolute atomic E-state index is 4.10. The van der Waals surface area contributed by atoms with E-state index in [2.05, 4.69) is 31.1 Å². The molecule has 0 saturated heterocycles. The first-order valence-electron chi connectivity index (χ1n) is 2.80. The molecule has 0 saturated carbocycles. The molecule has 2 aromatic heterocycles. The fraction of sp³-hybridized carbons (Fsp3) is 0.200. The Morgan fingerprint density at radius 1 is 1.70 bits per heavy atom. The molecule has 52 valence electrons. The highest BCUT2D eigenvalue weighted by atomic mass is 79.9. The summed E-state index contributed by atoms with van der Waals surface area (Å²) in [5.74, 6) is 0. The first kappa shape index (κ1) is 5.91. The molecule has 0 fully saturated rings. The minimum absolute atomic E-state index is 0.836. The summed E-state index contributed by atoms with van der Waals surface area (Å²) in [6.07, 6.45) is 1.73. The molecule has 0 aliphatic rings. The van der Waals surface area contributed by atoms with Crippen LogP contribution in [0.25, 0.3) is 11.2 Å². The molecule has 0 unspecified atom stereocenters. The molecule has 2 heterocycles. The van der Waals surface area contributed by atoms with Crippen molar-refractivity contribution in [3.05, 3.63) is 10.9 Å². The highest BCUT2D eigenvalue weighted by Crippen LogP contribution is 2.17. The van der Waals surface area contributed by atoms with Crippen LogP contribution in [0, 0.1) is 0 Å². The summed E-state index contributed by atoms with van der Waals surface area (Å²) in [5.41, 5.74) is 1.74. The van der Waals surface area contributed by atoms with Gasteiger partial charge in [0.25, 0.3) is 0 Å². The van der Waals surface area contributed by atoms with Crippen molar-refractivity contribution >= 4 is 27.1 Å². The second-order valence-corrected chi connectivity index (χ2v) is 2.86. The quantitative estimate of drug-likeness (QED) is 0.692. The fourth-order valence-corrected chi connectivity index (χ4v) is 1.23. The Labute approximate surface area is 65.4 Å². The van der Waals surface area contributed by atoms with Crippen molar-refractivity contribution in [3.63, 3.8) is 0 Å². The van der Waals surface area contributed by atoms with Crippen LogP contribution in [0.4, 0.5) is 0 Å². The van der Waals surface area contributed by atoms with Crippen LogP contribution in [-0.4, -0.2) is 19.7 Å². The monoisotopic (exact) mass is 200 g/mol. The smallest absolute Gasteiger partial charge is 0.182 e. The molecule has 10 heavy (non-hydrogen) atoms. The Morgan fingerprint density at radius 3 is 3.20 bits per heavy atom. The molecule has 0 bridgehead atoms. The van der Waals surface area contributed by atoms with Crippen LogP contribution in [0.15, 0.2) is 10.9 Å². The van der Waals surface area contributed by atoms with Gasteiger partial charge >= 0.3 is 0 Å².